The lowest BCUT2D eigenvalue weighted by atomic mass is 10.0. The molecule has 0 saturated carbocycles. The normalized spacial score (nSPS) is 23.1. The molecule has 3 aliphatic rings. The van der Waals surface area contributed by atoms with E-state index in [-0.39, 0.29) is 41.9 Å². The van der Waals surface area contributed by atoms with E-state index in [2.05, 4.69) is 5.32 Å². The zero-order valence-corrected chi connectivity index (χ0v) is 24.0. The average molecular weight is 565 g/mol. The summed E-state index contributed by atoms with van der Waals surface area (Å²) in [5.74, 6) is -0.993. The monoisotopic (exact) mass is 564 g/mol. The molecule has 4 amide bonds. The van der Waals surface area contributed by atoms with Crippen molar-refractivity contribution < 1.29 is 24.0 Å². The molecule has 212 valence electrons. The summed E-state index contributed by atoms with van der Waals surface area (Å²) in [6, 6.07) is 11.0. The average Bonchev–Trinajstić information content (AvgIpc) is 3.73. The quantitative estimate of drug-likeness (QED) is 0.557. The van der Waals surface area contributed by atoms with Crippen LogP contribution in [-0.4, -0.2) is 87.9 Å². The van der Waals surface area contributed by atoms with Gasteiger partial charge < -0.3 is 20.0 Å². The Morgan fingerprint density at radius 2 is 1.73 bits per heavy atom. The first-order valence-electron chi connectivity index (χ1n) is 14.0. The second-order valence-corrected chi connectivity index (χ2v) is 12.4. The number of ketones is 1. The molecule has 1 aromatic carbocycles. The van der Waals surface area contributed by atoms with E-state index in [0.717, 1.165) is 16.9 Å². The first-order valence-corrected chi connectivity index (χ1v) is 14.8. The second kappa shape index (κ2) is 11.5. The van der Waals surface area contributed by atoms with Crippen molar-refractivity contribution in [1.29, 1.82) is 0 Å². The van der Waals surface area contributed by atoms with Crippen LogP contribution in [0.5, 0.6) is 0 Å². The Morgan fingerprint density at radius 3 is 2.42 bits per heavy atom. The smallest absolute Gasteiger partial charge is 0.262 e. The topological polar surface area (TPSA) is 107 Å². The van der Waals surface area contributed by atoms with E-state index in [1.807, 2.05) is 50.2 Å². The van der Waals surface area contributed by atoms with Crippen LogP contribution in [0.1, 0.15) is 56.1 Å². The largest absolute Gasteiger partial charge is 0.340 e. The zero-order chi connectivity index (χ0) is 28.6. The highest BCUT2D eigenvalue weighted by molar-refractivity contribution is 7.17. The van der Waals surface area contributed by atoms with Gasteiger partial charge in [-0.25, -0.2) is 0 Å². The van der Waals surface area contributed by atoms with Crippen LogP contribution in [0.25, 0.3) is 10.4 Å². The number of fused-ring (bicyclic) bond motifs is 1. The fourth-order valence-corrected chi connectivity index (χ4v) is 7.20. The van der Waals surface area contributed by atoms with Crippen molar-refractivity contribution >= 4 is 40.7 Å². The van der Waals surface area contributed by atoms with Crippen LogP contribution in [0.15, 0.2) is 42.5 Å². The van der Waals surface area contributed by atoms with E-state index >= 15 is 0 Å². The number of amides is 4. The fourth-order valence-electron chi connectivity index (χ4n) is 6.29. The number of hydrogen-bond acceptors (Lipinski definition) is 6. The Morgan fingerprint density at radius 1 is 0.975 bits per heavy atom. The van der Waals surface area contributed by atoms with Gasteiger partial charge in [0, 0.05) is 24.9 Å². The molecule has 4 atom stereocenters. The molecule has 0 radical (unpaired) electrons. The Labute approximate surface area is 238 Å². The summed E-state index contributed by atoms with van der Waals surface area (Å²) in [6.45, 7) is 6.26. The van der Waals surface area contributed by atoms with Crippen LogP contribution in [0.2, 0.25) is 0 Å². The van der Waals surface area contributed by atoms with Crippen molar-refractivity contribution in [2.24, 2.45) is 5.92 Å². The molecule has 0 bridgehead atoms. The van der Waals surface area contributed by atoms with Gasteiger partial charge in [0.15, 0.2) is 5.78 Å². The van der Waals surface area contributed by atoms with Gasteiger partial charge in [0.2, 0.25) is 17.7 Å². The number of benzene rings is 1. The molecule has 1 aromatic heterocycles. The van der Waals surface area contributed by atoms with Crippen molar-refractivity contribution in [3.63, 3.8) is 0 Å². The highest BCUT2D eigenvalue weighted by Crippen LogP contribution is 2.33. The van der Waals surface area contributed by atoms with Gasteiger partial charge in [0.05, 0.1) is 17.5 Å². The summed E-state index contributed by atoms with van der Waals surface area (Å²) in [6.07, 6.45) is 2.26. The van der Waals surface area contributed by atoms with E-state index in [4.69, 9.17) is 0 Å². The number of likely N-dealkylation sites (tertiary alicyclic amines) is 3. The molecule has 0 spiro atoms. The predicted molar refractivity (Wildman–Crippen MR) is 151 cm³/mol. The molecule has 3 saturated heterocycles. The van der Waals surface area contributed by atoms with Crippen molar-refractivity contribution in [2.75, 3.05) is 19.6 Å². The maximum atomic E-state index is 13.8. The van der Waals surface area contributed by atoms with Gasteiger partial charge in [-0.1, -0.05) is 44.2 Å². The predicted octanol–water partition coefficient (Wildman–Crippen LogP) is 2.95. The number of Topliss-reactive ketones (excluding diaryl/α,β-unsaturated/α-hetero) is 1. The lowest BCUT2D eigenvalue weighted by molar-refractivity contribution is -0.143. The van der Waals surface area contributed by atoms with Crippen LogP contribution in [-0.2, 0) is 19.2 Å². The van der Waals surface area contributed by atoms with Crippen molar-refractivity contribution in [1.82, 2.24) is 20.0 Å². The van der Waals surface area contributed by atoms with Gasteiger partial charge in [-0.05, 0) is 49.3 Å². The summed E-state index contributed by atoms with van der Waals surface area (Å²) in [5, 5.41) is 2.94. The lowest BCUT2D eigenvalue weighted by Gasteiger charge is -2.30. The maximum Gasteiger partial charge on any atom is 0.262 e. The minimum Gasteiger partial charge on any atom is -0.340 e. The molecule has 40 heavy (non-hydrogen) atoms. The lowest BCUT2D eigenvalue weighted by Crippen LogP contribution is -2.53. The Bertz CT molecular complexity index is 1310. The van der Waals surface area contributed by atoms with E-state index in [1.54, 1.807) is 20.8 Å². The number of carbonyl (C=O) groups is 5. The summed E-state index contributed by atoms with van der Waals surface area (Å²) in [5.41, 5.74) is 1.02. The molecule has 2 aromatic rings. The van der Waals surface area contributed by atoms with Crippen molar-refractivity contribution in [3.8, 4) is 10.4 Å². The Balaban J connectivity index is 1.30. The molecule has 3 fully saturated rings. The maximum absolute atomic E-state index is 13.8. The number of rotatable bonds is 7. The summed E-state index contributed by atoms with van der Waals surface area (Å²) >= 11 is 1.37. The molecule has 9 nitrogen and oxygen atoms in total. The van der Waals surface area contributed by atoms with Gasteiger partial charge in [0.25, 0.3) is 5.91 Å². The molecule has 4 unspecified atom stereocenters. The summed E-state index contributed by atoms with van der Waals surface area (Å²) in [7, 11) is 0. The van der Waals surface area contributed by atoms with Crippen LogP contribution < -0.4 is 5.32 Å². The number of nitrogens with one attached hydrogen (secondary N) is 1. The van der Waals surface area contributed by atoms with Gasteiger partial charge in [-0.2, -0.15) is 0 Å². The zero-order valence-electron chi connectivity index (χ0n) is 23.2. The number of thiophene rings is 1. The van der Waals surface area contributed by atoms with E-state index in [1.165, 1.54) is 18.3 Å². The molecular formula is C30H36N4O5S. The number of hydrogen-bond donors (Lipinski definition) is 1. The third-order valence-electron chi connectivity index (χ3n) is 8.13. The van der Waals surface area contributed by atoms with Gasteiger partial charge >= 0.3 is 0 Å². The summed E-state index contributed by atoms with van der Waals surface area (Å²) in [4.78, 5) is 72.0. The highest BCUT2D eigenvalue weighted by Gasteiger charge is 2.53. The number of carbonyl (C=O) groups excluding carboxylic acids is 5. The minimum absolute atomic E-state index is 0.0567. The number of nitrogens with zero attached hydrogens (tertiary/aromatic N) is 3. The third-order valence-corrected chi connectivity index (χ3v) is 9.26. The fraction of sp³-hybridized carbons (Fsp3) is 0.500. The van der Waals surface area contributed by atoms with Crippen LogP contribution in [0.4, 0.5) is 0 Å². The Hall–Kier alpha value is -3.53. The van der Waals surface area contributed by atoms with Crippen molar-refractivity contribution in [2.45, 2.75) is 70.6 Å². The van der Waals surface area contributed by atoms with Gasteiger partial charge in [-0.3, -0.25) is 24.0 Å². The first kappa shape index (κ1) is 28.0. The molecule has 1 N–H and O–H groups in total. The molecule has 10 heteroatoms. The molecule has 3 aliphatic heterocycles. The Kier molecular flexibility index (Phi) is 8.07. The van der Waals surface area contributed by atoms with Crippen LogP contribution >= 0.6 is 11.3 Å². The van der Waals surface area contributed by atoms with Gasteiger partial charge in [0.1, 0.15) is 18.1 Å². The second-order valence-electron chi connectivity index (χ2n) is 11.3. The van der Waals surface area contributed by atoms with E-state index in [0.29, 0.717) is 37.2 Å². The molecule has 4 heterocycles. The SMILES string of the molecule is CC(=O)N1CCCC1C(=O)N1CC(=O)C2C1CCN2C(=O)C(CC(C)C)NC(=O)c1ccc(-c2ccccc2)s1. The molecular weight excluding hydrogens is 528 g/mol. The van der Waals surface area contributed by atoms with Crippen molar-refractivity contribution in [3.05, 3.63) is 47.3 Å². The van der Waals surface area contributed by atoms with Gasteiger partial charge in [-0.15, -0.1) is 11.3 Å². The van der Waals surface area contributed by atoms with Crippen LogP contribution in [0.3, 0.4) is 0 Å². The van der Waals surface area contributed by atoms with E-state index < -0.39 is 24.2 Å². The minimum atomic E-state index is -0.783. The summed E-state index contributed by atoms with van der Waals surface area (Å²) < 4.78 is 0. The van der Waals surface area contributed by atoms with Crippen LogP contribution in [0, 0.1) is 5.92 Å². The molecule has 5 rings (SSSR count). The third kappa shape index (κ3) is 5.41. The van der Waals surface area contributed by atoms with E-state index in [9.17, 15) is 24.0 Å². The standard InChI is InChI=1S/C30H36N4O5S/c1-18(2)16-21(31-28(37)26-12-11-25(40-26)20-8-5-4-6-9-20)29(38)33-15-13-22-27(33)24(36)17-34(22)30(39)23-10-7-14-32(23)19(3)35/h4-6,8-9,11-12,18,21-23,27H,7,10,13-17H2,1-3H3,(H,31,37). The first-order chi connectivity index (χ1) is 19.2. The molecule has 0 aliphatic carbocycles. The highest BCUT2D eigenvalue weighted by atomic mass is 32.1.